The Kier molecular flexibility index (Phi) is 6.92. The Morgan fingerprint density at radius 2 is 2.21 bits per heavy atom. The molecular formula is C14H22N2O3. The van der Waals surface area contributed by atoms with Gasteiger partial charge in [0, 0.05) is 26.7 Å². The number of carbonyl (C=O) groups is 1. The summed E-state index contributed by atoms with van der Waals surface area (Å²) in [5.74, 6) is 0.634. The SMILES string of the molecule is COCCCOc1cccc(CNC(=O)C(C)N)c1. The average Bonchev–Trinajstić information content (AvgIpc) is 2.41. The molecule has 0 spiro atoms. The Balaban J connectivity index is 2.41. The van der Waals surface area contributed by atoms with Crippen LogP contribution in [0.3, 0.4) is 0 Å². The Hall–Kier alpha value is -1.59. The Bertz CT molecular complexity index is 394. The van der Waals surface area contributed by atoms with Crippen molar-refractivity contribution in [3.63, 3.8) is 0 Å². The van der Waals surface area contributed by atoms with Crippen molar-refractivity contribution < 1.29 is 14.3 Å². The van der Waals surface area contributed by atoms with Crippen LogP contribution in [0, 0.1) is 0 Å². The van der Waals surface area contributed by atoms with E-state index in [9.17, 15) is 4.79 Å². The quantitative estimate of drug-likeness (QED) is 0.690. The summed E-state index contributed by atoms with van der Waals surface area (Å²) >= 11 is 0. The van der Waals surface area contributed by atoms with E-state index in [4.69, 9.17) is 15.2 Å². The number of nitrogens with two attached hydrogens (primary N) is 1. The van der Waals surface area contributed by atoms with Crippen LogP contribution in [0.5, 0.6) is 5.75 Å². The van der Waals surface area contributed by atoms with Gasteiger partial charge < -0.3 is 20.5 Å². The molecule has 0 saturated carbocycles. The third kappa shape index (κ3) is 6.22. The molecule has 0 aliphatic carbocycles. The van der Waals surface area contributed by atoms with Gasteiger partial charge in [-0.25, -0.2) is 0 Å². The summed E-state index contributed by atoms with van der Waals surface area (Å²) in [4.78, 5) is 11.4. The van der Waals surface area contributed by atoms with Gasteiger partial charge in [-0.05, 0) is 24.6 Å². The van der Waals surface area contributed by atoms with E-state index in [-0.39, 0.29) is 5.91 Å². The lowest BCUT2D eigenvalue weighted by Crippen LogP contribution is -2.37. The Labute approximate surface area is 114 Å². The third-order valence-electron chi connectivity index (χ3n) is 2.54. The number of amides is 1. The zero-order valence-corrected chi connectivity index (χ0v) is 11.5. The van der Waals surface area contributed by atoms with Crippen LogP contribution in [0.15, 0.2) is 24.3 Å². The number of benzene rings is 1. The minimum absolute atomic E-state index is 0.161. The number of ether oxygens (including phenoxy) is 2. The third-order valence-corrected chi connectivity index (χ3v) is 2.54. The molecule has 1 aromatic rings. The van der Waals surface area contributed by atoms with E-state index in [0.29, 0.717) is 19.8 Å². The number of nitrogens with one attached hydrogen (secondary N) is 1. The summed E-state index contributed by atoms with van der Waals surface area (Å²) in [7, 11) is 1.67. The largest absolute Gasteiger partial charge is 0.493 e. The number of rotatable bonds is 8. The summed E-state index contributed by atoms with van der Waals surface area (Å²) in [5.41, 5.74) is 6.46. The lowest BCUT2D eigenvalue weighted by atomic mass is 10.2. The molecule has 0 aromatic heterocycles. The smallest absolute Gasteiger partial charge is 0.236 e. The zero-order valence-electron chi connectivity index (χ0n) is 11.5. The normalized spacial score (nSPS) is 11.9. The van der Waals surface area contributed by atoms with Crippen molar-refractivity contribution in [3.8, 4) is 5.75 Å². The van der Waals surface area contributed by atoms with E-state index < -0.39 is 6.04 Å². The zero-order chi connectivity index (χ0) is 14.1. The van der Waals surface area contributed by atoms with Crippen molar-refractivity contribution >= 4 is 5.91 Å². The predicted molar refractivity (Wildman–Crippen MR) is 73.9 cm³/mol. The molecule has 1 rings (SSSR count). The molecule has 1 atom stereocenters. The fourth-order valence-corrected chi connectivity index (χ4v) is 1.49. The second-order valence-corrected chi connectivity index (χ2v) is 4.35. The standard InChI is InChI=1S/C14H22N2O3/c1-11(15)14(17)16-10-12-5-3-6-13(9-12)19-8-4-7-18-2/h3,5-6,9,11H,4,7-8,10,15H2,1-2H3,(H,16,17). The van der Waals surface area contributed by atoms with E-state index in [2.05, 4.69) is 5.32 Å². The molecule has 0 fully saturated rings. The van der Waals surface area contributed by atoms with Gasteiger partial charge in [0.2, 0.25) is 5.91 Å². The highest BCUT2D eigenvalue weighted by molar-refractivity contribution is 5.80. The first kappa shape index (κ1) is 15.5. The van der Waals surface area contributed by atoms with Crippen LogP contribution in [0.25, 0.3) is 0 Å². The monoisotopic (exact) mass is 266 g/mol. The summed E-state index contributed by atoms with van der Waals surface area (Å²) in [6, 6.07) is 7.15. The molecule has 1 aromatic carbocycles. The Morgan fingerprint density at radius 1 is 1.42 bits per heavy atom. The van der Waals surface area contributed by atoms with Crippen LogP contribution in [0.1, 0.15) is 18.9 Å². The number of methoxy groups -OCH3 is 1. The highest BCUT2D eigenvalue weighted by Crippen LogP contribution is 2.13. The van der Waals surface area contributed by atoms with Crippen molar-refractivity contribution in [3.05, 3.63) is 29.8 Å². The van der Waals surface area contributed by atoms with Crippen LogP contribution < -0.4 is 15.8 Å². The minimum atomic E-state index is -0.492. The molecule has 3 N–H and O–H groups in total. The maximum Gasteiger partial charge on any atom is 0.236 e. The molecule has 5 nitrogen and oxygen atoms in total. The highest BCUT2D eigenvalue weighted by Gasteiger charge is 2.06. The molecule has 1 unspecified atom stereocenters. The van der Waals surface area contributed by atoms with Crippen molar-refractivity contribution in [2.24, 2.45) is 5.73 Å². The van der Waals surface area contributed by atoms with E-state index in [1.165, 1.54) is 0 Å². The Morgan fingerprint density at radius 3 is 2.89 bits per heavy atom. The molecule has 0 aliphatic rings. The van der Waals surface area contributed by atoms with Crippen LogP contribution in [-0.4, -0.2) is 32.3 Å². The number of hydrogen-bond donors (Lipinski definition) is 2. The van der Waals surface area contributed by atoms with Crippen molar-refractivity contribution in [2.75, 3.05) is 20.3 Å². The maximum atomic E-state index is 11.4. The molecule has 19 heavy (non-hydrogen) atoms. The van der Waals surface area contributed by atoms with Gasteiger partial charge in [-0.15, -0.1) is 0 Å². The summed E-state index contributed by atoms with van der Waals surface area (Å²) < 4.78 is 10.5. The topological polar surface area (TPSA) is 73.6 Å². The number of carbonyl (C=O) groups excluding carboxylic acids is 1. The van der Waals surface area contributed by atoms with Crippen LogP contribution >= 0.6 is 0 Å². The van der Waals surface area contributed by atoms with Gasteiger partial charge >= 0.3 is 0 Å². The molecule has 0 heterocycles. The molecule has 0 saturated heterocycles. The molecule has 0 aliphatic heterocycles. The van der Waals surface area contributed by atoms with E-state index >= 15 is 0 Å². The first-order valence-electron chi connectivity index (χ1n) is 6.37. The fourth-order valence-electron chi connectivity index (χ4n) is 1.49. The van der Waals surface area contributed by atoms with Crippen molar-refractivity contribution in [2.45, 2.75) is 25.9 Å². The summed E-state index contributed by atoms with van der Waals surface area (Å²) in [5, 5.41) is 2.76. The second-order valence-electron chi connectivity index (χ2n) is 4.35. The summed E-state index contributed by atoms with van der Waals surface area (Å²) in [6.07, 6.45) is 0.849. The van der Waals surface area contributed by atoms with Crippen molar-refractivity contribution in [1.82, 2.24) is 5.32 Å². The fraction of sp³-hybridized carbons (Fsp3) is 0.500. The van der Waals surface area contributed by atoms with Gasteiger partial charge in [0.1, 0.15) is 5.75 Å². The molecule has 1 amide bonds. The lowest BCUT2D eigenvalue weighted by Gasteiger charge is -2.10. The van der Waals surface area contributed by atoms with Gasteiger partial charge in [-0.1, -0.05) is 12.1 Å². The van der Waals surface area contributed by atoms with Crippen LogP contribution in [-0.2, 0) is 16.1 Å². The van der Waals surface area contributed by atoms with E-state index in [1.54, 1.807) is 14.0 Å². The molecule has 0 bridgehead atoms. The summed E-state index contributed by atoms with van der Waals surface area (Å²) in [6.45, 7) is 3.41. The molecule has 106 valence electrons. The van der Waals surface area contributed by atoms with Crippen LogP contribution in [0.2, 0.25) is 0 Å². The minimum Gasteiger partial charge on any atom is -0.493 e. The van der Waals surface area contributed by atoms with Gasteiger partial charge in [0.05, 0.1) is 12.6 Å². The highest BCUT2D eigenvalue weighted by atomic mass is 16.5. The van der Waals surface area contributed by atoms with Crippen LogP contribution in [0.4, 0.5) is 0 Å². The lowest BCUT2D eigenvalue weighted by molar-refractivity contribution is -0.122. The number of hydrogen-bond acceptors (Lipinski definition) is 4. The van der Waals surface area contributed by atoms with Gasteiger partial charge in [-0.3, -0.25) is 4.79 Å². The molecule has 0 radical (unpaired) electrons. The van der Waals surface area contributed by atoms with E-state index in [0.717, 1.165) is 17.7 Å². The first-order valence-corrected chi connectivity index (χ1v) is 6.37. The van der Waals surface area contributed by atoms with E-state index in [1.807, 2.05) is 24.3 Å². The van der Waals surface area contributed by atoms with Crippen molar-refractivity contribution in [1.29, 1.82) is 0 Å². The van der Waals surface area contributed by atoms with Gasteiger partial charge in [0.15, 0.2) is 0 Å². The second kappa shape index (κ2) is 8.50. The first-order chi connectivity index (χ1) is 9.13. The molecular weight excluding hydrogens is 244 g/mol. The van der Waals surface area contributed by atoms with Gasteiger partial charge in [0.25, 0.3) is 0 Å². The molecule has 5 heteroatoms. The average molecular weight is 266 g/mol. The maximum absolute atomic E-state index is 11.4. The van der Waals surface area contributed by atoms with Gasteiger partial charge in [-0.2, -0.15) is 0 Å². The predicted octanol–water partition coefficient (Wildman–Crippen LogP) is 1.07.